The first-order chi connectivity index (χ1) is 9.13. The van der Waals surface area contributed by atoms with Gasteiger partial charge in [-0.1, -0.05) is 46.0 Å². The molecule has 0 aromatic carbocycles. The Bertz CT molecular complexity index is 335. The van der Waals surface area contributed by atoms with E-state index in [1.165, 1.54) is 39.2 Å². The van der Waals surface area contributed by atoms with Crippen LogP contribution in [0, 0.1) is 6.92 Å². The highest BCUT2D eigenvalue weighted by Crippen LogP contribution is 2.00. The molecule has 0 saturated heterocycles. The number of carbonyl (C=O) groups excluding carboxylic acids is 1. The molecule has 1 N–H and O–H groups in total. The molecule has 0 aliphatic carbocycles. The van der Waals surface area contributed by atoms with E-state index in [-0.39, 0.29) is 5.95 Å². The van der Waals surface area contributed by atoms with Gasteiger partial charge in [-0.15, -0.1) is 0 Å². The Labute approximate surface area is 115 Å². The van der Waals surface area contributed by atoms with Crippen molar-refractivity contribution in [3.8, 4) is 0 Å². The zero-order chi connectivity index (χ0) is 14.5. The van der Waals surface area contributed by atoms with Crippen LogP contribution in [0.25, 0.3) is 0 Å². The number of carbonyl (C=O) groups is 1. The van der Waals surface area contributed by atoms with Crippen LogP contribution < -0.4 is 5.32 Å². The van der Waals surface area contributed by atoms with E-state index in [0.717, 1.165) is 5.56 Å². The minimum atomic E-state index is -0.571. The average Bonchev–Trinajstić information content (AvgIpc) is 2.42. The maximum atomic E-state index is 10.7. The van der Waals surface area contributed by atoms with E-state index >= 15 is 0 Å². The molecule has 5 heteroatoms. The van der Waals surface area contributed by atoms with Crippen molar-refractivity contribution in [3.63, 3.8) is 0 Å². The molecule has 0 unspecified atom stereocenters. The molecule has 1 amide bonds. The molecule has 19 heavy (non-hydrogen) atoms. The molecule has 0 fully saturated rings. The second kappa shape index (κ2) is 11.4. The minimum absolute atomic E-state index is 0.243. The molecule has 1 aromatic heterocycles. The zero-order valence-electron chi connectivity index (χ0n) is 12.4. The Kier molecular flexibility index (Phi) is 10.4. The van der Waals surface area contributed by atoms with Crippen molar-refractivity contribution in [2.75, 3.05) is 12.4 Å². The summed E-state index contributed by atoms with van der Waals surface area (Å²) in [6.07, 6.45) is 9.66. The Hall–Kier alpha value is -1.65. The fourth-order valence-corrected chi connectivity index (χ4v) is 1.28. The van der Waals surface area contributed by atoms with Crippen LogP contribution in [0.2, 0.25) is 0 Å². The van der Waals surface area contributed by atoms with Gasteiger partial charge in [0.2, 0.25) is 5.95 Å². The highest BCUT2D eigenvalue weighted by atomic mass is 16.5. The van der Waals surface area contributed by atoms with Crippen molar-refractivity contribution in [3.05, 3.63) is 18.0 Å². The molecule has 5 nitrogen and oxygen atoms in total. The summed E-state index contributed by atoms with van der Waals surface area (Å²) in [7, 11) is 1.28. The number of methoxy groups -OCH3 is 1. The topological polar surface area (TPSA) is 64.1 Å². The quantitative estimate of drug-likeness (QED) is 0.821. The third-order valence-corrected chi connectivity index (χ3v) is 2.39. The number of ether oxygens (including phenoxy) is 1. The maximum Gasteiger partial charge on any atom is 0.413 e. The standard InChI is InChI=1S/C7H9N3O2.C7H16/c1-5-3-8-6(9-4-5)10-7(11)12-2;1-3-5-7-6-4-2/h3-4H,1-2H3,(H,8,9,10,11);3-7H2,1-2H3. The molecular weight excluding hydrogens is 242 g/mol. The van der Waals surface area contributed by atoms with Crippen LogP contribution in [-0.2, 0) is 4.74 Å². The van der Waals surface area contributed by atoms with E-state index in [4.69, 9.17) is 0 Å². The van der Waals surface area contributed by atoms with Crippen LogP contribution in [0.3, 0.4) is 0 Å². The van der Waals surface area contributed by atoms with Gasteiger partial charge in [-0.2, -0.15) is 0 Å². The Morgan fingerprint density at radius 3 is 2.11 bits per heavy atom. The normalized spacial score (nSPS) is 9.26. The molecule has 0 bridgehead atoms. The molecular formula is C14H25N3O2. The van der Waals surface area contributed by atoms with Crippen LogP contribution in [0.15, 0.2) is 12.4 Å². The largest absolute Gasteiger partial charge is 0.453 e. The summed E-state index contributed by atoms with van der Waals surface area (Å²) in [6, 6.07) is 0. The number of hydrogen-bond acceptors (Lipinski definition) is 4. The van der Waals surface area contributed by atoms with Gasteiger partial charge in [-0.05, 0) is 12.5 Å². The first-order valence-corrected chi connectivity index (χ1v) is 6.77. The number of unbranched alkanes of at least 4 members (excludes halogenated alkanes) is 4. The van der Waals surface area contributed by atoms with Gasteiger partial charge in [0.1, 0.15) is 0 Å². The van der Waals surface area contributed by atoms with Crippen LogP contribution in [0.1, 0.15) is 51.5 Å². The molecule has 108 valence electrons. The highest BCUT2D eigenvalue weighted by molar-refractivity contribution is 5.81. The lowest BCUT2D eigenvalue weighted by atomic mass is 10.2. The molecule has 1 aromatic rings. The number of amides is 1. The maximum absolute atomic E-state index is 10.7. The van der Waals surface area contributed by atoms with Crippen molar-refractivity contribution in [2.45, 2.75) is 52.9 Å². The van der Waals surface area contributed by atoms with Gasteiger partial charge in [0, 0.05) is 12.4 Å². The number of nitrogens with one attached hydrogen (secondary N) is 1. The van der Waals surface area contributed by atoms with Crippen LogP contribution in [0.4, 0.5) is 10.7 Å². The van der Waals surface area contributed by atoms with Crippen molar-refractivity contribution in [1.82, 2.24) is 9.97 Å². The Morgan fingerprint density at radius 2 is 1.68 bits per heavy atom. The van der Waals surface area contributed by atoms with E-state index in [0.29, 0.717) is 0 Å². The van der Waals surface area contributed by atoms with Crippen molar-refractivity contribution >= 4 is 12.0 Å². The molecule has 0 aliphatic heterocycles. The molecule has 0 radical (unpaired) electrons. The molecule has 0 saturated carbocycles. The fourth-order valence-electron chi connectivity index (χ4n) is 1.28. The van der Waals surface area contributed by atoms with Gasteiger partial charge in [0.05, 0.1) is 7.11 Å². The summed E-state index contributed by atoms with van der Waals surface area (Å²) in [6.45, 7) is 6.35. The van der Waals surface area contributed by atoms with Crippen LogP contribution in [-0.4, -0.2) is 23.2 Å². The van der Waals surface area contributed by atoms with Gasteiger partial charge >= 0.3 is 6.09 Å². The van der Waals surface area contributed by atoms with Gasteiger partial charge in [0.25, 0.3) is 0 Å². The third-order valence-electron chi connectivity index (χ3n) is 2.39. The summed E-state index contributed by atoms with van der Waals surface area (Å²) in [4.78, 5) is 18.3. The summed E-state index contributed by atoms with van der Waals surface area (Å²) in [5.74, 6) is 0.243. The van der Waals surface area contributed by atoms with Gasteiger partial charge < -0.3 is 4.74 Å². The van der Waals surface area contributed by atoms with E-state index in [1.54, 1.807) is 12.4 Å². The summed E-state index contributed by atoms with van der Waals surface area (Å²) < 4.78 is 4.35. The summed E-state index contributed by atoms with van der Waals surface area (Å²) in [5, 5.41) is 2.34. The van der Waals surface area contributed by atoms with Crippen molar-refractivity contribution in [1.29, 1.82) is 0 Å². The minimum Gasteiger partial charge on any atom is -0.453 e. The molecule has 1 heterocycles. The predicted octanol–water partition coefficient (Wildman–Crippen LogP) is 3.94. The second-order valence-electron chi connectivity index (χ2n) is 4.26. The SMILES string of the molecule is CCCCCCC.COC(=O)Nc1ncc(C)cn1. The Balaban J connectivity index is 0.000000399. The molecule has 0 atom stereocenters. The lowest BCUT2D eigenvalue weighted by molar-refractivity contribution is 0.186. The van der Waals surface area contributed by atoms with Crippen molar-refractivity contribution in [2.24, 2.45) is 0 Å². The zero-order valence-corrected chi connectivity index (χ0v) is 12.4. The van der Waals surface area contributed by atoms with Gasteiger partial charge in [0.15, 0.2) is 0 Å². The predicted molar refractivity (Wildman–Crippen MR) is 77.2 cm³/mol. The number of nitrogens with zero attached hydrogens (tertiary/aromatic N) is 2. The first-order valence-electron chi connectivity index (χ1n) is 6.77. The lowest BCUT2D eigenvalue weighted by Gasteiger charge is -2.00. The number of anilines is 1. The number of aromatic nitrogens is 2. The molecule has 1 rings (SSSR count). The summed E-state index contributed by atoms with van der Waals surface area (Å²) >= 11 is 0. The van der Waals surface area contributed by atoms with E-state index in [1.807, 2.05) is 6.92 Å². The van der Waals surface area contributed by atoms with Crippen LogP contribution >= 0.6 is 0 Å². The van der Waals surface area contributed by atoms with Gasteiger partial charge in [-0.3, -0.25) is 5.32 Å². The second-order valence-corrected chi connectivity index (χ2v) is 4.26. The van der Waals surface area contributed by atoms with E-state index in [9.17, 15) is 4.79 Å². The smallest absolute Gasteiger partial charge is 0.413 e. The molecule has 0 spiro atoms. The fraction of sp³-hybridized carbons (Fsp3) is 0.643. The van der Waals surface area contributed by atoms with E-state index in [2.05, 4.69) is 33.9 Å². The summed E-state index contributed by atoms with van der Waals surface area (Å²) in [5.41, 5.74) is 0.936. The average molecular weight is 267 g/mol. The molecule has 0 aliphatic rings. The lowest BCUT2D eigenvalue weighted by Crippen LogP contribution is -2.13. The van der Waals surface area contributed by atoms with Crippen molar-refractivity contribution < 1.29 is 9.53 Å². The van der Waals surface area contributed by atoms with E-state index < -0.39 is 6.09 Å². The van der Waals surface area contributed by atoms with Gasteiger partial charge in [-0.25, -0.2) is 14.8 Å². The number of aryl methyl sites for hydroxylation is 1. The number of rotatable bonds is 5. The van der Waals surface area contributed by atoms with Crippen LogP contribution in [0.5, 0.6) is 0 Å². The first kappa shape index (κ1) is 17.4. The number of hydrogen-bond donors (Lipinski definition) is 1. The third kappa shape index (κ3) is 10.00. The highest BCUT2D eigenvalue weighted by Gasteiger charge is 2.00. The monoisotopic (exact) mass is 267 g/mol. The Morgan fingerprint density at radius 1 is 1.16 bits per heavy atom.